The van der Waals surface area contributed by atoms with Gasteiger partial charge in [-0.15, -0.1) is 0 Å². The lowest BCUT2D eigenvalue weighted by molar-refractivity contribution is -0.384. The van der Waals surface area contributed by atoms with E-state index in [9.17, 15) is 19.7 Å². The Labute approximate surface area is 196 Å². The van der Waals surface area contributed by atoms with Crippen LogP contribution in [0.4, 0.5) is 16.2 Å². The van der Waals surface area contributed by atoms with E-state index in [2.05, 4.69) is 15.9 Å². The molecule has 1 heterocycles. The molecule has 32 heavy (non-hydrogen) atoms. The van der Waals surface area contributed by atoms with E-state index in [-0.39, 0.29) is 23.4 Å². The van der Waals surface area contributed by atoms with Crippen molar-refractivity contribution in [2.24, 2.45) is 0 Å². The Morgan fingerprint density at radius 1 is 1.03 bits per heavy atom. The quantitative estimate of drug-likeness (QED) is 0.223. The monoisotopic (exact) mass is 510 g/mol. The van der Waals surface area contributed by atoms with Crippen LogP contribution in [0.15, 0.2) is 82.2 Å². The molecule has 1 saturated heterocycles. The summed E-state index contributed by atoms with van der Waals surface area (Å²) < 4.78 is 6.47. The number of non-ortho nitro benzene ring substituents is 1. The van der Waals surface area contributed by atoms with Crippen LogP contribution in [0.2, 0.25) is 0 Å². The van der Waals surface area contributed by atoms with Gasteiger partial charge in [0.2, 0.25) is 0 Å². The van der Waals surface area contributed by atoms with Gasteiger partial charge < -0.3 is 4.74 Å². The molecule has 160 valence electrons. The van der Waals surface area contributed by atoms with E-state index in [0.717, 1.165) is 27.8 Å². The average Bonchev–Trinajstić information content (AvgIpc) is 3.06. The SMILES string of the molecule is O=C1S/C(=C\c2ccc(OCc3ccc([N+](=O)[O-])cc3)c(Br)c2)C(=O)N1c1ccccc1. The van der Waals surface area contributed by atoms with Crippen molar-refractivity contribution in [3.63, 3.8) is 0 Å². The highest BCUT2D eigenvalue weighted by Gasteiger charge is 2.36. The number of anilines is 1. The molecule has 1 aliphatic heterocycles. The van der Waals surface area contributed by atoms with Crippen molar-refractivity contribution < 1.29 is 19.2 Å². The molecule has 3 aromatic carbocycles. The van der Waals surface area contributed by atoms with E-state index in [1.807, 2.05) is 6.07 Å². The Balaban J connectivity index is 1.46. The Kier molecular flexibility index (Phi) is 6.38. The molecule has 3 aromatic rings. The number of imide groups is 1. The number of carbonyl (C=O) groups is 2. The maximum atomic E-state index is 12.7. The molecule has 0 unspecified atom stereocenters. The topological polar surface area (TPSA) is 89.7 Å². The van der Waals surface area contributed by atoms with Crippen molar-refractivity contribution in [2.75, 3.05) is 4.90 Å². The fourth-order valence-corrected chi connectivity index (χ4v) is 4.37. The second kappa shape index (κ2) is 9.37. The minimum absolute atomic E-state index is 0.0240. The van der Waals surface area contributed by atoms with Crippen molar-refractivity contribution in [3.8, 4) is 5.75 Å². The summed E-state index contributed by atoms with van der Waals surface area (Å²) in [7, 11) is 0. The second-order valence-electron chi connectivity index (χ2n) is 6.75. The number of nitro benzene ring substituents is 1. The number of rotatable bonds is 6. The first kappa shape index (κ1) is 21.8. The highest BCUT2D eigenvalue weighted by molar-refractivity contribution is 9.10. The maximum Gasteiger partial charge on any atom is 0.298 e. The number of para-hydroxylation sites is 1. The standard InChI is InChI=1S/C23H15BrN2O5S/c24-19-12-16(8-11-20(19)31-14-15-6-9-18(10-7-15)26(29)30)13-21-22(27)25(23(28)32-21)17-4-2-1-3-5-17/h1-13H,14H2/b21-13-. The van der Waals surface area contributed by atoms with Crippen molar-refractivity contribution in [2.45, 2.75) is 6.61 Å². The lowest BCUT2D eigenvalue weighted by Crippen LogP contribution is -2.27. The van der Waals surface area contributed by atoms with Gasteiger partial charge in [0.15, 0.2) is 0 Å². The fourth-order valence-electron chi connectivity index (χ4n) is 3.02. The van der Waals surface area contributed by atoms with Crippen molar-refractivity contribution >= 4 is 56.3 Å². The number of hydrogen-bond acceptors (Lipinski definition) is 6. The van der Waals surface area contributed by atoms with Crippen molar-refractivity contribution in [1.82, 2.24) is 0 Å². The number of carbonyl (C=O) groups excluding carboxylic acids is 2. The van der Waals surface area contributed by atoms with Crippen molar-refractivity contribution in [1.29, 1.82) is 0 Å². The molecule has 4 rings (SSSR count). The van der Waals surface area contributed by atoms with Crippen LogP contribution in [0.5, 0.6) is 5.75 Å². The van der Waals surface area contributed by atoms with E-state index < -0.39 is 4.92 Å². The molecule has 1 fully saturated rings. The lowest BCUT2D eigenvalue weighted by Gasteiger charge is -2.11. The third-order valence-corrected chi connectivity index (χ3v) is 6.09. The van der Waals surface area contributed by atoms with Crippen LogP contribution in [0.3, 0.4) is 0 Å². The molecule has 7 nitrogen and oxygen atoms in total. The molecule has 0 radical (unpaired) electrons. The Morgan fingerprint density at radius 2 is 1.75 bits per heavy atom. The summed E-state index contributed by atoms with van der Waals surface area (Å²) in [6, 6.07) is 20.3. The predicted molar refractivity (Wildman–Crippen MR) is 126 cm³/mol. The summed E-state index contributed by atoms with van der Waals surface area (Å²) in [5.74, 6) is 0.221. The molecule has 0 N–H and O–H groups in total. The molecule has 0 aliphatic carbocycles. The van der Waals surface area contributed by atoms with Crippen LogP contribution in [0.1, 0.15) is 11.1 Å². The lowest BCUT2D eigenvalue weighted by atomic mass is 10.2. The van der Waals surface area contributed by atoms with Gasteiger partial charge in [-0.1, -0.05) is 24.3 Å². The van der Waals surface area contributed by atoms with Gasteiger partial charge in [0, 0.05) is 12.1 Å². The minimum atomic E-state index is -0.450. The van der Waals surface area contributed by atoms with E-state index in [1.165, 1.54) is 12.1 Å². The molecule has 2 amide bonds. The maximum absolute atomic E-state index is 12.7. The number of ether oxygens (including phenoxy) is 1. The highest BCUT2D eigenvalue weighted by atomic mass is 79.9. The zero-order valence-corrected chi connectivity index (χ0v) is 18.8. The zero-order valence-electron chi connectivity index (χ0n) is 16.4. The first-order chi connectivity index (χ1) is 15.4. The molecule has 1 aliphatic rings. The largest absolute Gasteiger partial charge is 0.488 e. The molecule has 0 spiro atoms. The van der Waals surface area contributed by atoms with E-state index in [1.54, 1.807) is 60.7 Å². The summed E-state index contributed by atoms with van der Waals surface area (Å²) in [4.78, 5) is 36.9. The van der Waals surface area contributed by atoms with Gasteiger partial charge in [-0.3, -0.25) is 19.7 Å². The molecule has 0 bridgehead atoms. The predicted octanol–water partition coefficient (Wildman–Crippen LogP) is 6.18. The highest BCUT2D eigenvalue weighted by Crippen LogP contribution is 2.36. The number of halogens is 1. The zero-order chi connectivity index (χ0) is 22.7. The number of hydrogen-bond donors (Lipinski definition) is 0. The van der Waals surface area contributed by atoms with Gasteiger partial charge in [0.1, 0.15) is 12.4 Å². The summed E-state index contributed by atoms with van der Waals surface area (Å²) >= 11 is 4.36. The average molecular weight is 511 g/mol. The Bertz CT molecular complexity index is 1230. The normalized spacial score (nSPS) is 14.8. The van der Waals surface area contributed by atoms with Crippen LogP contribution >= 0.6 is 27.7 Å². The van der Waals surface area contributed by atoms with Crippen LogP contribution in [-0.4, -0.2) is 16.1 Å². The summed E-state index contributed by atoms with van der Waals surface area (Å²) in [5, 5.41) is 10.4. The smallest absolute Gasteiger partial charge is 0.298 e. The van der Waals surface area contributed by atoms with Gasteiger partial charge in [-0.25, -0.2) is 4.90 Å². The second-order valence-corrected chi connectivity index (χ2v) is 8.60. The van der Waals surface area contributed by atoms with Gasteiger partial charge in [-0.05, 0) is 81.3 Å². The summed E-state index contributed by atoms with van der Waals surface area (Å²) in [6.45, 7) is 0.242. The Hall–Kier alpha value is -3.43. The van der Waals surface area contributed by atoms with E-state index in [4.69, 9.17) is 4.74 Å². The third kappa shape index (κ3) is 4.74. The Morgan fingerprint density at radius 3 is 2.41 bits per heavy atom. The van der Waals surface area contributed by atoms with Gasteiger partial charge in [-0.2, -0.15) is 0 Å². The van der Waals surface area contributed by atoms with Gasteiger partial charge in [0.05, 0.1) is 20.0 Å². The molecule has 0 atom stereocenters. The number of nitro groups is 1. The van der Waals surface area contributed by atoms with Crippen LogP contribution in [-0.2, 0) is 11.4 Å². The molecule has 0 saturated carbocycles. The number of benzene rings is 3. The molecular weight excluding hydrogens is 496 g/mol. The summed E-state index contributed by atoms with van der Waals surface area (Å²) in [6.07, 6.45) is 1.67. The molecular formula is C23H15BrN2O5S. The molecule has 9 heteroatoms. The van der Waals surface area contributed by atoms with E-state index >= 15 is 0 Å². The minimum Gasteiger partial charge on any atom is -0.488 e. The van der Waals surface area contributed by atoms with Gasteiger partial charge >= 0.3 is 0 Å². The fraction of sp³-hybridized carbons (Fsp3) is 0.0435. The van der Waals surface area contributed by atoms with Crippen LogP contribution < -0.4 is 9.64 Å². The van der Waals surface area contributed by atoms with Crippen LogP contribution in [0, 0.1) is 10.1 Å². The van der Waals surface area contributed by atoms with Gasteiger partial charge in [0.25, 0.3) is 16.8 Å². The number of amides is 2. The van der Waals surface area contributed by atoms with E-state index in [0.29, 0.717) is 20.8 Å². The first-order valence-electron chi connectivity index (χ1n) is 9.41. The molecule has 0 aromatic heterocycles. The van der Waals surface area contributed by atoms with Crippen LogP contribution in [0.25, 0.3) is 6.08 Å². The number of thioether (sulfide) groups is 1. The summed E-state index contributed by atoms with van der Waals surface area (Å²) in [5.41, 5.74) is 2.09. The third-order valence-electron chi connectivity index (χ3n) is 4.60. The van der Waals surface area contributed by atoms with Crippen molar-refractivity contribution in [3.05, 3.63) is 103 Å². The first-order valence-corrected chi connectivity index (χ1v) is 11.0. The number of nitrogens with zero attached hydrogens (tertiary/aromatic N) is 2.